The van der Waals surface area contributed by atoms with E-state index in [2.05, 4.69) is 90.2 Å². The van der Waals surface area contributed by atoms with Gasteiger partial charge in [-0.05, 0) is 0 Å². The summed E-state index contributed by atoms with van der Waals surface area (Å²) >= 11 is 1.74. The number of fused-ring (bicyclic) bond motifs is 1. The van der Waals surface area contributed by atoms with E-state index in [-0.39, 0.29) is 30.2 Å². The standard InChI is InChI=1S/C10H9.C9H13.C2H6Si.2ClH.Zr/c1-8-4-2-5-9-6-3-7-10(8)9;1-6-5-7(2)9(4)8(6)3;1-3-2;;;/h2-7H,1H3;5H,1-4H3;1-2H3;2*1H;/q2*-1;;;;+2/p-2. The molecule has 25 heavy (non-hydrogen) atoms. The van der Waals surface area contributed by atoms with Crippen molar-refractivity contribution in [2.24, 2.45) is 0 Å². The van der Waals surface area contributed by atoms with Crippen molar-refractivity contribution in [3.05, 3.63) is 70.3 Å². The first kappa shape index (κ1) is 27.1. The van der Waals surface area contributed by atoms with Crippen molar-refractivity contribution in [1.29, 1.82) is 0 Å². The number of aryl methyl sites for hydroxylation is 3. The van der Waals surface area contributed by atoms with Crippen molar-refractivity contribution in [1.82, 2.24) is 0 Å². The van der Waals surface area contributed by atoms with Crippen LogP contribution in [0.1, 0.15) is 27.8 Å². The van der Waals surface area contributed by atoms with E-state index in [9.17, 15) is 0 Å². The van der Waals surface area contributed by atoms with Crippen molar-refractivity contribution >= 4 is 16.2 Å². The van der Waals surface area contributed by atoms with Crippen LogP contribution in [-0.4, -0.2) is 5.43 Å². The molecule has 0 heterocycles. The predicted molar refractivity (Wildman–Crippen MR) is 103 cm³/mol. The normalized spacial score (nSPS) is 9.00. The maximum Gasteiger partial charge on any atom is -0.0630 e. The third-order valence-electron chi connectivity index (χ3n) is 4.08. The molecule has 0 aliphatic carbocycles. The van der Waals surface area contributed by atoms with E-state index in [0.717, 1.165) is 0 Å². The summed E-state index contributed by atoms with van der Waals surface area (Å²) in [5.41, 5.74) is 7.32. The zero-order chi connectivity index (χ0) is 17.6. The van der Waals surface area contributed by atoms with Crippen LogP contribution < -0.4 is 24.8 Å². The molecule has 3 aromatic rings. The minimum Gasteiger partial charge on any atom is -1.00 e. The predicted octanol–water partition coefficient (Wildman–Crippen LogP) is 0.299. The monoisotopic (exact) mass is 468 g/mol. The molecule has 0 atom stereocenters. The van der Waals surface area contributed by atoms with Crippen LogP contribution in [0.5, 0.6) is 0 Å². The Hall–Kier alpha value is -0.140. The molecular weight excluding hydrogens is 442 g/mol. The molecule has 136 valence electrons. The Morgan fingerprint density at radius 2 is 1.52 bits per heavy atom. The summed E-state index contributed by atoms with van der Waals surface area (Å²) in [6.07, 6.45) is 0. The maximum atomic E-state index is 2.31. The van der Waals surface area contributed by atoms with Crippen molar-refractivity contribution in [2.75, 3.05) is 0 Å². The summed E-state index contributed by atoms with van der Waals surface area (Å²) in [5, 5.41) is 2.72. The molecule has 0 aromatic heterocycles. The van der Waals surface area contributed by atoms with Crippen LogP contribution in [0.15, 0.2) is 42.5 Å². The Morgan fingerprint density at radius 3 is 1.88 bits per heavy atom. The summed E-state index contributed by atoms with van der Waals surface area (Å²) in [6, 6.07) is 15.0. The fourth-order valence-electron chi connectivity index (χ4n) is 2.46. The van der Waals surface area contributed by atoms with Gasteiger partial charge in [0.05, 0.1) is 0 Å². The van der Waals surface area contributed by atoms with Gasteiger partial charge >= 0.3 is 41.9 Å². The second-order valence-corrected chi connectivity index (χ2v) is 15.7. The van der Waals surface area contributed by atoms with Crippen molar-refractivity contribution in [3.8, 4) is 0 Å². The second-order valence-electron chi connectivity index (χ2n) is 6.36. The quantitative estimate of drug-likeness (QED) is 0.328. The van der Waals surface area contributed by atoms with Gasteiger partial charge in [0.1, 0.15) is 0 Å². The molecule has 0 aliphatic rings. The largest absolute Gasteiger partial charge is 1.00 e. The molecule has 0 N–H and O–H groups in total. The van der Waals surface area contributed by atoms with Crippen molar-refractivity contribution in [3.63, 3.8) is 0 Å². The van der Waals surface area contributed by atoms with E-state index in [4.69, 9.17) is 0 Å². The fraction of sp³-hybridized carbons (Fsp3) is 0.333. The molecular formula is C21H28Cl2SiZr-2. The summed E-state index contributed by atoms with van der Waals surface area (Å²) in [7, 11) is 0. The first-order valence-corrected chi connectivity index (χ1v) is 14.3. The number of benzene rings is 1. The summed E-state index contributed by atoms with van der Waals surface area (Å²) in [4.78, 5) is 0. The van der Waals surface area contributed by atoms with Gasteiger partial charge in [0.25, 0.3) is 0 Å². The molecule has 0 fully saturated rings. The number of rotatable bonds is 0. The summed E-state index contributed by atoms with van der Waals surface area (Å²) < 4.78 is 0. The molecule has 0 bridgehead atoms. The van der Waals surface area contributed by atoms with Gasteiger partial charge in [-0.2, -0.15) is 40.5 Å². The van der Waals surface area contributed by atoms with Gasteiger partial charge < -0.3 is 24.8 Å². The summed E-state index contributed by atoms with van der Waals surface area (Å²) in [5.74, 6) is 0. The van der Waals surface area contributed by atoms with E-state index in [1.54, 1.807) is 23.3 Å². The third-order valence-corrected chi connectivity index (χ3v) is 4.08. The summed E-state index contributed by atoms with van der Waals surface area (Å²) in [6.45, 7) is 15.4. The minimum atomic E-state index is 0. The Bertz CT molecular complexity index is 758. The van der Waals surface area contributed by atoms with E-state index in [1.165, 1.54) is 38.6 Å². The average molecular weight is 471 g/mol. The smallest absolute Gasteiger partial charge is 0.0630 e. The molecule has 0 unspecified atom stereocenters. The van der Waals surface area contributed by atoms with Gasteiger partial charge in [-0.25, -0.2) is 0 Å². The molecule has 3 rings (SSSR count). The SMILES string of the molecule is C[Si](C)=[Zr+2].Cc1c[c-](C)c(C)c1C.Cc1cccc2cc[cH-]c12.[Cl-].[Cl-]. The van der Waals surface area contributed by atoms with Gasteiger partial charge in [-0.15, -0.1) is 34.5 Å². The van der Waals surface area contributed by atoms with E-state index < -0.39 is 0 Å². The Morgan fingerprint density at radius 1 is 0.960 bits per heavy atom. The topological polar surface area (TPSA) is 0 Å². The van der Waals surface area contributed by atoms with Crippen LogP contribution >= 0.6 is 0 Å². The van der Waals surface area contributed by atoms with Gasteiger partial charge in [0.15, 0.2) is 0 Å². The Labute approximate surface area is 181 Å². The van der Waals surface area contributed by atoms with Crippen LogP contribution in [-0.2, 0) is 23.3 Å². The zero-order valence-corrected chi connectivity index (χ0v) is 21.3. The number of halogens is 2. The average Bonchev–Trinajstić information content (AvgIpc) is 3.02. The van der Waals surface area contributed by atoms with Crippen LogP contribution in [0.3, 0.4) is 0 Å². The van der Waals surface area contributed by atoms with E-state index in [0.29, 0.717) is 0 Å². The molecule has 0 aliphatic heterocycles. The second kappa shape index (κ2) is 13.1. The first-order valence-electron chi connectivity index (χ1n) is 8.07. The maximum absolute atomic E-state index is 2.31. The molecule has 4 heteroatoms. The van der Waals surface area contributed by atoms with Crippen LogP contribution in [0.4, 0.5) is 0 Å². The first-order chi connectivity index (χ1) is 10.7. The van der Waals surface area contributed by atoms with Gasteiger partial charge in [0.2, 0.25) is 0 Å². The van der Waals surface area contributed by atoms with Crippen molar-refractivity contribution in [2.45, 2.75) is 47.7 Å². The van der Waals surface area contributed by atoms with Crippen LogP contribution in [0.25, 0.3) is 10.8 Å². The van der Waals surface area contributed by atoms with Crippen molar-refractivity contribution < 1.29 is 48.1 Å². The number of hydrogen-bond acceptors (Lipinski definition) is 0. The zero-order valence-electron chi connectivity index (χ0n) is 16.3. The van der Waals surface area contributed by atoms with Gasteiger partial charge in [0, 0.05) is 0 Å². The minimum absolute atomic E-state index is 0. The van der Waals surface area contributed by atoms with Crippen LogP contribution in [0.2, 0.25) is 13.1 Å². The molecule has 3 aromatic carbocycles. The molecule has 0 saturated carbocycles. The van der Waals surface area contributed by atoms with Gasteiger partial charge in [-0.3, -0.25) is 0 Å². The number of hydrogen-bond donors (Lipinski definition) is 0. The van der Waals surface area contributed by atoms with Crippen LogP contribution in [0, 0.1) is 34.6 Å². The van der Waals surface area contributed by atoms with E-state index in [1.807, 2.05) is 0 Å². The molecule has 0 saturated heterocycles. The molecule has 0 radical (unpaired) electrons. The Balaban J connectivity index is 0. The van der Waals surface area contributed by atoms with Gasteiger partial charge in [-0.1, -0.05) is 40.7 Å². The fourth-order valence-corrected chi connectivity index (χ4v) is 2.46. The Kier molecular flexibility index (Phi) is 14.2. The third kappa shape index (κ3) is 8.87. The molecule has 0 nitrogen and oxygen atoms in total. The molecule has 0 spiro atoms. The van der Waals surface area contributed by atoms with E-state index >= 15 is 0 Å². The molecule has 0 amide bonds.